The molecule has 2 nitrogen and oxygen atoms in total. The molecule has 2 heterocycles. The Bertz CT molecular complexity index is 279. The number of hydrogen-bond acceptors (Lipinski definition) is 3. The maximum absolute atomic E-state index is 5.54. The van der Waals surface area contributed by atoms with Gasteiger partial charge in [0.25, 0.3) is 0 Å². The quantitative estimate of drug-likeness (QED) is 0.825. The Labute approximate surface area is 89.3 Å². The fourth-order valence-electron chi connectivity index (χ4n) is 1.74. The average molecular weight is 211 g/mol. The lowest BCUT2D eigenvalue weighted by Crippen LogP contribution is -2.25. The van der Waals surface area contributed by atoms with Crippen molar-refractivity contribution in [2.24, 2.45) is 0 Å². The van der Waals surface area contributed by atoms with Gasteiger partial charge in [-0.05, 0) is 41.7 Å². The Kier molecular flexibility index (Phi) is 3.56. The smallest absolute Gasteiger partial charge is 0.0700 e. The van der Waals surface area contributed by atoms with E-state index in [-0.39, 0.29) is 0 Å². The topological polar surface area (TPSA) is 21.3 Å². The van der Waals surface area contributed by atoms with E-state index >= 15 is 0 Å². The molecular weight excluding hydrogens is 194 g/mol. The molecule has 2 rings (SSSR count). The SMILES string of the molecule is Cc1cscc1CNCC1CCCO1. The van der Waals surface area contributed by atoms with Crippen molar-refractivity contribution in [1.82, 2.24) is 5.32 Å². The third-order valence-electron chi connectivity index (χ3n) is 2.67. The van der Waals surface area contributed by atoms with E-state index in [2.05, 4.69) is 23.0 Å². The van der Waals surface area contributed by atoms with E-state index in [0.29, 0.717) is 6.10 Å². The van der Waals surface area contributed by atoms with E-state index in [4.69, 9.17) is 4.74 Å². The van der Waals surface area contributed by atoms with Gasteiger partial charge in [0.1, 0.15) is 0 Å². The van der Waals surface area contributed by atoms with Crippen molar-refractivity contribution >= 4 is 11.3 Å². The predicted octanol–water partition coefficient (Wildman–Crippen LogP) is 2.33. The van der Waals surface area contributed by atoms with Crippen LogP contribution in [0.1, 0.15) is 24.0 Å². The van der Waals surface area contributed by atoms with Crippen LogP contribution in [0.4, 0.5) is 0 Å². The molecule has 1 aromatic heterocycles. The molecule has 1 aromatic rings. The van der Waals surface area contributed by atoms with Gasteiger partial charge in [0.15, 0.2) is 0 Å². The van der Waals surface area contributed by atoms with E-state index in [1.54, 1.807) is 11.3 Å². The van der Waals surface area contributed by atoms with Crippen LogP contribution in [0, 0.1) is 6.92 Å². The van der Waals surface area contributed by atoms with Crippen LogP contribution in [-0.2, 0) is 11.3 Å². The van der Waals surface area contributed by atoms with E-state index in [0.717, 1.165) is 19.7 Å². The molecule has 3 heteroatoms. The summed E-state index contributed by atoms with van der Waals surface area (Å²) >= 11 is 1.78. The highest BCUT2D eigenvalue weighted by Gasteiger charge is 2.14. The molecule has 0 bridgehead atoms. The fraction of sp³-hybridized carbons (Fsp3) is 0.636. The molecule has 0 aromatic carbocycles. The maximum Gasteiger partial charge on any atom is 0.0700 e. The molecule has 0 amide bonds. The minimum atomic E-state index is 0.453. The lowest BCUT2D eigenvalue weighted by atomic mass is 10.2. The van der Waals surface area contributed by atoms with E-state index < -0.39 is 0 Å². The van der Waals surface area contributed by atoms with Crippen molar-refractivity contribution in [1.29, 1.82) is 0 Å². The van der Waals surface area contributed by atoms with Crippen LogP contribution in [0.25, 0.3) is 0 Å². The first kappa shape index (κ1) is 10.1. The molecule has 1 saturated heterocycles. The molecule has 1 aliphatic rings. The van der Waals surface area contributed by atoms with Crippen LogP contribution >= 0.6 is 11.3 Å². The molecule has 0 aliphatic carbocycles. The van der Waals surface area contributed by atoms with Gasteiger partial charge in [-0.2, -0.15) is 11.3 Å². The fourth-order valence-corrected chi connectivity index (χ4v) is 2.60. The summed E-state index contributed by atoms with van der Waals surface area (Å²) in [6.07, 6.45) is 2.90. The molecule has 0 spiro atoms. The summed E-state index contributed by atoms with van der Waals surface area (Å²) in [5, 5.41) is 7.87. The molecular formula is C11H17NOS. The molecule has 1 unspecified atom stereocenters. The molecule has 14 heavy (non-hydrogen) atoms. The molecule has 1 atom stereocenters. The van der Waals surface area contributed by atoms with E-state index in [1.807, 2.05) is 0 Å². The zero-order valence-electron chi connectivity index (χ0n) is 8.58. The van der Waals surface area contributed by atoms with Crippen molar-refractivity contribution < 1.29 is 4.74 Å². The number of aryl methyl sites for hydroxylation is 1. The Morgan fingerprint density at radius 1 is 1.57 bits per heavy atom. The highest BCUT2D eigenvalue weighted by Crippen LogP contribution is 2.14. The average Bonchev–Trinajstić information content (AvgIpc) is 2.78. The minimum absolute atomic E-state index is 0.453. The van der Waals surface area contributed by atoms with Gasteiger partial charge in [0, 0.05) is 19.7 Å². The highest BCUT2D eigenvalue weighted by atomic mass is 32.1. The lowest BCUT2D eigenvalue weighted by Gasteiger charge is -2.10. The third kappa shape index (κ3) is 2.56. The van der Waals surface area contributed by atoms with Crippen molar-refractivity contribution in [2.45, 2.75) is 32.4 Å². The number of nitrogens with one attached hydrogen (secondary N) is 1. The van der Waals surface area contributed by atoms with Gasteiger partial charge in [-0.15, -0.1) is 0 Å². The zero-order chi connectivity index (χ0) is 9.80. The van der Waals surface area contributed by atoms with Gasteiger partial charge in [-0.25, -0.2) is 0 Å². The number of ether oxygens (including phenoxy) is 1. The van der Waals surface area contributed by atoms with Gasteiger partial charge >= 0.3 is 0 Å². The standard InChI is InChI=1S/C11H17NOS/c1-9-7-14-8-10(9)5-12-6-11-3-2-4-13-11/h7-8,11-12H,2-6H2,1H3. The predicted molar refractivity (Wildman–Crippen MR) is 59.7 cm³/mol. The summed E-state index contributed by atoms with van der Waals surface area (Å²) in [5.74, 6) is 0. The molecule has 0 saturated carbocycles. The molecule has 78 valence electrons. The van der Waals surface area contributed by atoms with Crippen LogP contribution in [0.3, 0.4) is 0 Å². The summed E-state index contributed by atoms with van der Waals surface area (Å²) in [6, 6.07) is 0. The van der Waals surface area contributed by atoms with Crippen molar-refractivity contribution in [3.8, 4) is 0 Å². The van der Waals surface area contributed by atoms with Crippen molar-refractivity contribution in [3.63, 3.8) is 0 Å². The van der Waals surface area contributed by atoms with Gasteiger partial charge in [-0.1, -0.05) is 0 Å². The number of hydrogen-bond donors (Lipinski definition) is 1. The highest BCUT2D eigenvalue weighted by molar-refractivity contribution is 7.08. The van der Waals surface area contributed by atoms with Gasteiger partial charge in [0.2, 0.25) is 0 Å². The molecule has 1 aliphatic heterocycles. The molecule has 1 fully saturated rings. The Morgan fingerprint density at radius 3 is 3.14 bits per heavy atom. The van der Waals surface area contributed by atoms with Gasteiger partial charge < -0.3 is 10.1 Å². The first-order valence-electron chi connectivity index (χ1n) is 5.20. The number of rotatable bonds is 4. The minimum Gasteiger partial charge on any atom is -0.377 e. The van der Waals surface area contributed by atoms with Crippen LogP contribution < -0.4 is 5.32 Å². The monoisotopic (exact) mass is 211 g/mol. The first-order chi connectivity index (χ1) is 6.86. The van der Waals surface area contributed by atoms with Gasteiger partial charge in [-0.3, -0.25) is 0 Å². The van der Waals surface area contributed by atoms with E-state index in [9.17, 15) is 0 Å². The van der Waals surface area contributed by atoms with Crippen LogP contribution in [0.5, 0.6) is 0 Å². The van der Waals surface area contributed by atoms with Gasteiger partial charge in [0.05, 0.1) is 6.10 Å². The molecule has 0 radical (unpaired) electrons. The Morgan fingerprint density at radius 2 is 2.50 bits per heavy atom. The number of thiophene rings is 1. The summed E-state index contributed by atoms with van der Waals surface area (Å²) in [5.41, 5.74) is 2.82. The van der Waals surface area contributed by atoms with Crippen LogP contribution in [0.2, 0.25) is 0 Å². The zero-order valence-corrected chi connectivity index (χ0v) is 9.40. The lowest BCUT2D eigenvalue weighted by molar-refractivity contribution is 0.110. The summed E-state index contributed by atoms with van der Waals surface area (Å²) in [7, 11) is 0. The van der Waals surface area contributed by atoms with Crippen molar-refractivity contribution in [3.05, 3.63) is 21.9 Å². The van der Waals surface area contributed by atoms with Crippen molar-refractivity contribution in [2.75, 3.05) is 13.2 Å². The Hall–Kier alpha value is -0.380. The second-order valence-corrected chi connectivity index (χ2v) is 4.59. The molecule has 1 N–H and O–H groups in total. The normalized spacial score (nSPS) is 21.6. The summed E-state index contributed by atoms with van der Waals surface area (Å²) < 4.78 is 5.54. The third-order valence-corrected chi connectivity index (χ3v) is 3.58. The second-order valence-electron chi connectivity index (χ2n) is 3.85. The van der Waals surface area contributed by atoms with E-state index in [1.165, 1.54) is 24.0 Å². The maximum atomic E-state index is 5.54. The summed E-state index contributed by atoms with van der Waals surface area (Å²) in [4.78, 5) is 0. The van der Waals surface area contributed by atoms with Crippen LogP contribution in [-0.4, -0.2) is 19.3 Å². The first-order valence-corrected chi connectivity index (χ1v) is 6.14. The largest absolute Gasteiger partial charge is 0.377 e. The van der Waals surface area contributed by atoms with Crippen LogP contribution in [0.15, 0.2) is 10.8 Å². The second kappa shape index (κ2) is 4.91. The summed E-state index contributed by atoms with van der Waals surface area (Å²) in [6.45, 7) is 5.09. The Balaban J connectivity index is 1.70.